The van der Waals surface area contributed by atoms with Gasteiger partial charge in [-0.05, 0) is 20.8 Å². The summed E-state index contributed by atoms with van der Waals surface area (Å²) in [7, 11) is 1.68. The van der Waals surface area contributed by atoms with Gasteiger partial charge in [-0.15, -0.1) is 0 Å². The van der Waals surface area contributed by atoms with E-state index in [1.165, 1.54) is 4.90 Å². The molecule has 0 unspecified atom stereocenters. The average Bonchev–Trinajstić information content (AvgIpc) is 1.96. The maximum Gasteiger partial charge on any atom is 0.317 e. The van der Waals surface area contributed by atoms with Gasteiger partial charge in [0, 0.05) is 25.6 Å². The van der Waals surface area contributed by atoms with E-state index >= 15 is 0 Å². The van der Waals surface area contributed by atoms with Crippen molar-refractivity contribution in [3.63, 3.8) is 0 Å². The molecule has 0 aromatic carbocycles. The lowest BCUT2D eigenvalue weighted by molar-refractivity contribution is 0.200. The van der Waals surface area contributed by atoms with Gasteiger partial charge in [0.25, 0.3) is 0 Å². The van der Waals surface area contributed by atoms with Crippen LogP contribution in [0.5, 0.6) is 0 Å². The van der Waals surface area contributed by atoms with Crippen molar-refractivity contribution in [1.82, 2.24) is 10.2 Å². The van der Waals surface area contributed by atoms with Gasteiger partial charge in [-0.1, -0.05) is 0 Å². The summed E-state index contributed by atoms with van der Waals surface area (Å²) in [6.07, 6.45) is 0.411. The molecule has 0 atom stereocenters. The maximum atomic E-state index is 11.5. The van der Waals surface area contributed by atoms with E-state index in [4.69, 9.17) is 11.1 Å². The van der Waals surface area contributed by atoms with Crippen LogP contribution in [0.4, 0.5) is 4.79 Å². The van der Waals surface area contributed by atoms with E-state index in [0.29, 0.717) is 13.0 Å². The molecule has 5 nitrogen and oxygen atoms in total. The van der Waals surface area contributed by atoms with E-state index in [-0.39, 0.29) is 17.4 Å². The molecule has 0 bridgehead atoms. The molecule has 82 valence electrons. The number of nitrogens with two attached hydrogens (primary N) is 1. The third-order valence-electron chi connectivity index (χ3n) is 1.55. The number of amidine groups is 1. The van der Waals surface area contributed by atoms with Gasteiger partial charge in [-0.25, -0.2) is 4.79 Å². The Kier molecular flexibility index (Phi) is 4.40. The third kappa shape index (κ3) is 6.28. The molecule has 0 fully saturated rings. The number of hydrogen-bond acceptors (Lipinski definition) is 2. The van der Waals surface area contributed by atoms with Gasteiger partial charge in [0.1, 0.15) is 0 Å². The molecule has 0 saturated carbocycles. The number of nitrogens with zero attached hydrogens (tertiary/aromatic N) is 1. The van der Waals surface area contributed by atoms with Crippen LogP contribution in [0, 0.1) is 5.41 Å². The molecule has 4 N–H and O–H groups in total. The Morgan fingerprint density at radius 1 is 1.50 bits per heavy atom. The Balaban J connectivity index is 3.94. The summed E-state index contributed by atoms with van der Waals surface area (Å²) < 4.78 is 0. The van der Waals surface area contributed by atoms with E-state index in [1.807, 2.05) is 20.8 Å². The Morgan fingerprint density at radius 2 is 2.00 bits per heavy atom. The highest BCUT2D eigenvalue weighted by Gasteiger charge is 2.16. The zero-order valence-electron chi connectivity index (χ0n) is 9.35. The van der Waals surface area contributed by atoms with Crippen LogP contribution in [-0.4, -0.2) is 35.9 Å². The number of hydrogen-bond donors (Lipinski definition) is 3. The molecule has 0 radical (unpaired) electrons. The van der Waals surface area contributed by atoms with Crippen LogP contribution in [0.1, 0.15) is 27.2 Å². The highest BCUT2D eigenvalue weighted by atomic mass is 16.2. The third-order valence-corrected chi connectivity index (χ3v) is 1.55. The van der Waals surface area contributed by atoms with Crippen LogP contribution >= 0.6 is 0 Å². The van der Waals surface area contributed by atoms with Gasteiger partial charge < -0.3 is 16.0 Å². The van der Waals surface area contributed by atoms with Crippen molar-refractivity contribution in [1.29, 1.82) is 5.41 Å². The lowest BCUT2D eigenvalue weighted by Gasteiger charge is -2.25. The second kappa shape index (κ2) is 4.83. The van der Waals surface area contributed by atoms with E-state index in [9.17, 15) is 4.79 Å². The fourth-order valence-electron chi connectivity index (χ4n) is 0.806. The SMILES string of the molecule is CN(CCC(=N)N)C(=O)NC(C)(C)C. The quantitative estimate of drug-likeness (QED) is 0.464. The summed E-state index contributed by atoms with van der Waals surface area (Å²) >= 11 is 0. The van der Waals surface area contributed by atoms with Crippen molar-refractivity contribution in [2.75, 3.05) is 13.6 Å². The Bertz CT molecular complexity index is 219. The van der Waals surface area contributed by atoms with Crippen LogP contribution in [0.3, 0.4) is 0 Å². The zero-order chi connectivity index (χ0) is 11.4. The van der Waals surface area contributed by atoms with Gasteiger partial charge >= 0.3 is 6.03 Å². The molecule has 0 spiro atoms. The van der Waals surface area contributed by atoms with Gasteiger partial charge in [0.15, 0.2) is 0 Å². The zero-order valence-corrected chi connectivity index (χ0v) is 9.35. The second-order valence-corrected chi connectivity index (χ2v) is 4.38. The van der Waals surface area contributed by atoms with Crippen molar-refractivity contribution in [2.45, 2.75) is 32.7 Å². The van der Waals surface area contributed by atoms with Gasteiger partial charge in [-0.2, -0.15) is 0 Å². The lowest BCUT2D eigenvalue weighted by atomic mass is 10.1. The van der Waals surface area contributed by atoms with Crippen molar-refractivity contribution in [3.05, 3.63) is 0 Å². The van der Waals surface area contributed by atoms with E-state index in [0.717, 1.165) is 0 Å². The molecule has 0 saturated heterocycles. The largest absolute Gasteiger partial charge is 0.388 e. The van der Waals surface area contributed by atoms with E-state index in [1.54, 1.807) is 7.05 Å². The Labute approximate surface area is 85.2 Å². The molecular formula is C9H20N4O. The molecule has 14 heavy (non-hydrogen) atoms. The summed E-state index contributed by atoms with van der Waals surface area (Å²) in [6, 6.07) is -0.140. The summed E-state index contributed by atoms with van der Waals surface area (Å²) in [4.78, 5) is 13.0. The number of carbonyl (C=O) groups excluding carboxylic acids is 1. The highest BCUT2D eigenvalue weighted by molar-refractivity contribution is 5.78. The van der Waals surface area contributed by atoms with Crippen LogP contribution in [0.2, 0.25) is 0 Å². The standard InChI is InChI=1S/C9H20N4O/c1-9(2,3)12-8(14)13(4)6-5-7(10)11/h5-6H2,1-4H3,(H3,10,11)(H,12,14). The molecule has 0 aromatic heterocycles. The van der Waals surface area contributed by atoms with Crippen LogP contribution in [0.25, 0.3) is 0 Å². The highest BCUT2D eigenvalue weighted by Crippen LogP contribution is 2.00. The first kappa shape index (κ1) is 12.7. The van der Waals surface area contributed by atoms with Crippen molar-refractivity contribution < 1.29 is 4.79 Å². The van der Waals surface area contributed by atoms with Crippen molar-refractivity contribution in [2.24, 2.45) is 5.73 Å². The molecular weight excluding hydrogens is 180 g/mol. The number of nitrogens with one attached hydrogen (secondary N) is 2. The first-order valence-corrected chi connectivity index (χ1v) is 4.58. The number of urea groups is 1. The van der Waals surface area contributed by atoms with Crippen molar-refractivity contribution in [3.8, 4) is 0 Å². The molecule has 0 aliphatic rings. The number of rotatable bonds is 3. The number of carbonyl (C=O) groups is 1. The first-order valence-electron chi connectivity index (χ1n) is 4.58. The van der Waals surface area contributed by atoms with Crippen molar-refractivity contribution >= 4 is 11.9 Å². The Hall–Kier alpha value is -1.26. The normalized spacial score (nSPS) is 10.9. The van der Waals surface area contributed by atoms with E-state index in [2.05, 4.69) is 5.32 Å². The molecule has 0 heterocycles. The minimum atomic E-state index is -0.235. The predicted molar refractivity (Wildman–Crippen MR) is 57.4 cm³/mol. The average molecular weight is 200 g/mol. The molecule has 2 amide bonds. The summed E-state index contributed by atoms with van der Waals surface area (Å²) in [5.41, 5.74) is 4.96. The topological polar surface area (TPSA) is 82.2 Å². The van der Waals surface area contributed by atoms with E-state index < -0.39 is 0 Å². The van der Waals surface area contributed by atoms with Crippen LogP contribution in [0.15, 0.2) is 0 Å². The summed E-state index contributed by atoms with van der Waals surface area (Å²) in [5.74, 6) is 0.0976. The monoisotopic (exact) mass is 200 g/mol. The van der Waals surface area contributed by atoms with Gasteiger partial charge in [0.05, 0.1) is 5.84 Å². The Morgan fingerprint density at radius 3 is 2.36 bits per heavy atom. The van der Waals surface area contributed by atoms with Crippen LogP contribution in [-0.2, 0) is 0 Å². The predicted octanol–water partition coefficient (Wildman–Crippen LogP) is 0.752. The number of amides is 2. The first-order chi connectivity index (χ1) is 6.22. The fraction of sp³-hybridized carbons (Fsp3) is 0.778. The second-order valence-electron chi connectivity index (χ2n) is 4.38. The lowest BCUT2D eigenvalue weighted by Crippen LogP contribution is -2.47. The molecule has 5 heteroatoms. The molecule has 0 rings (SSSR count). The smallest absolute Gasteiger partial charge is 0.317 e. The van der Waals surface area contributed by atoms with Crippen LogP contribution < -0.4 is 11.1 Å². The minimum absolute atomic E-state index is 0.0976. The van der Waals surface area contributed by atoms with Gasteiger partial charge in [-0.3, -0.25) is 5.41 Å². The maximum absolute atomic E-state index is 11.5. The van der Waals surface area contributed by atoms with Gasteiger partial charge in [0.2, 0.25) is 0 Å². The molecule has 0 aliphatic heterocycles. The molecule has 0 aromatic rings. The summed E-state index contributed by atoms with van der Waals surface area (Å²) in [5, 5.41) is 9.85. The molecule has 0 aliphatic carbocycles. The minimum Gasteiger partial charge on any atom is -0.388 e. The summed E-state index contributed by atoms with van der Waals surface area (Å²) in [6.45, 7) is 6.23. The fourth-order valence-corrected chi connectivity index (χ4v) is 0.806.